The molecule has 1 aromatic rings. The molecule has 3 nitrogen and oxygen atoms in total. The highest BCUT2D eigenvalue weighted by Gasteiger charge is 2.24. The maximum absolute atomic E-state index is 12.2. The second-order valence-electron chi connectivity index (χ2n) is 5.76. The minimum atomic E-state index is -0.195. The number of halogens is 1. The zero-order chi connectivity index (χ0) is 14.5. The lowest BCUT2D eigenvalue weighted by molar-refractivity contribution is -0.118. The van der Waals surface area contributed by atoms with Crippen LogP contribution < -0.4 is 10.6 Å². The zero-order valence-corrected chi connectivity index (χ0v) is 12.9. The van der Waals surface area contributed by atoms with Crippen molar-refractivity contribution >= 4 is 23.2 Å². The van der Waals surface area contributed by atoms with Crippen LogP contribution in [0.2, 0.25) is 5.02 Å². The molecule has 110 valence electrons. The van der Waals surface area contributed by atoms with Gasteiger partial charge in [-0.15, -0.1) is 0 Å². The Morgan fingerprint density at radius 3 is 2.80 bits per heavy atom. The van der Waals surface area contributed by atoms with Crippen molar-refractivity contribution in [2.75, 3.05) is 5.32 Å². The van der Waals surface area contributed by atoms with E-state index in [9.17, 15) is 4.79 Å². The van der Waals surface area contributed by atoms with Crippen LogP contribution in [0.25, 0.3) is 0 Å². The van der Waals surface area contributed by atoms with Crippen LogP contribution in [0, 0.1) is 5.92 Å². The summed E-state index contributed by atoms with van der Waals surface area (Å²) in [5.74, 6) is 0.634. The van der Waals surface area contributed by atoms with Crippen molar-refractivity contribution in [2.45, 2.75) is 51.6 Å². The van der Waals surface area contributed by atoms with Gasteiger partial charge in [-0.05, 0) is 43.9 Å². The van der Waals surface area contributed by atoms with Gasteiger partial charge >= 0.3 is 0 Å². The molecule has 0 heterocycles. The maximum atomic E-state index is 12.2. The van der Waals surface area contributed by atoms with Gasteiger partial charge in [0.2, 0.25) is 5.91 Å². The second kappa shape index (κ2) is 7.09. The lowest BCUT2D eigenvalue weighted by Gasteiger charge is -2.31. The summed E-state index contributed by atoms with van der Waals surface area (Å²) in [6.07, 6.45) is 4.98. The molecular formula is C16H23ClN2O. The van der Waals surface area contributed by atoms with Gasteiger partial charge in [-0.25, -0.2) is 0 Å². The monoisotopic (exact) mass is 294 g/mol. The number of hydrogen-bond acceptors (Lipinski definition) is 2. The van der Waals surface area contributed by atoms with Crippen LogP contribution in [0.5, 0.6) is 0 Å². The SMILES string of the molecule is C[C@H](N[C@@H]1CCCC[C@@H]1C)C(=O)Nc1cccc(Cl)c1. The molecule has 0 aromatic heterocycles. The van der Waals surface area contributed by atoms with Gasteiger partial charge in [-0.1, -0.05) is 37.4 Å². The minimum Gasteiger partial charge on any atom is -0.325 e. The van der Waals surface area contributed by atoms with Crippen LogP contribution in [-0.4, -0.2) is 18.0 Å². The molecule has 0 spiro atoms. The Kier molecular flexibility index (Phi) is 5.44. The zero-order valence-electron chi connectivity index (χ0n) is 12.2. The second-order valence-corrected chi connectivity index (χ2v) is 6.19. The van der Waals surface area contributed by atoms with Crippen molar-refractivity contribution in [1.82, 2.24) is 5.32 Å². The van der Waals surface area contributed by atoms with Crippen molar-refractivity contribution in [3.8, 4) is 0 Å². The third-order valence-electron chi connectivity index (χ3n) is 4.06. The Labute approximate surface area is 126 Å². The van der Waals surface area contributed by atoms with Crippen molar-refractivity contribution in [3.63, 3.8) is 0 Å². The van der Waals surface area contributed by atoms with E-state index < -0.39 is 0 Å². The summed E-state index contributed by atoms with van der Waals surface area (Å²) in [6.45, 7) is 4.18. The van der Waals surface area contributed by atoms with Crippen LogP contribution in [0.4, 0.5) is 5.69 Å². The maximum Gasteiger partial charge on any atom is 0.241 e. The molecule has 1 aliphatic rings. The molecule has 1 amide bonds. The summed E-state index contributed by atoms with van der Waals surface area (Å²) >= 11 is 5.92. The fourth-order valence-corrected chi connectivity index (χ4v) is 2.97. The Morgan fingerprint density at radius 1 is 1.35 bits per heavy atom. The van der Waals surface area contributed by atoms with E-state index >= 15 is 0 Å². The number of carbonyl (C=O) groups is 1. The Morgan fingerprint density at radius 2 is 2.10 bits per heavy atom. The van der Waals surface area contributed by atoms with E-state index in [0.717, 1.165) is 12.1 Å². The molecule has 0 aliphatic heterocycles. The van der Waals surface area contributed by atoms with Gasteiger partial charge in [0.05, 0.1) is 6.04 Å². The normalized spacial score (nSPS) is 24.1. The van der Waals surface area contributed by atoms with Gasteiger partial charge in [0.25, 0.3) is 0 Å². The molecule has 0 radical (unpaired) electrons. The summed E-state index contributed by atoms with van der Waals surface area (Å²) in [6, 6.07) is 7.49. The predicted octanol–water partition coefficient (Wildman–Crippen LogP) is 3.84. The minimum absolute atomic E-state index is 0.00922. The highest BCUT2D eigenvalue weighted by molar-refractivity contribution is 6.30. The van der Waals surface area contributed by atoms with Crippen LogP contribution >= 0.6 is 11.6 Å². The first-order valence-corrected chi connectivity index (χ1v) is 7.76. The fourth-order valence-electron chi connectivity index (χ4n) is 2.78. The standard InChI is InChI=1S/C16H23ClN2O/c1-11-6-3-4-9-15(11)18-12(2)16(20)19-14-8-5-7-13(17)10-14/h5,7-8,10-12,15,18H,3-4,6,9H2,1-2H3,(H,19,20)/t11-,12-,15+/m0/s1. The molecule has 0 saturated heterocycles. The lowest BCUT2D eigenvalue weighted by atomic mass is 9.85. The third-order valence-corrected chi connectivity index (χ3v) is 4.30. The van der Waals surface area contributed by atoms with Crippen molar-refractivity contribution in [2.24, 2.45) is 5.92 Å². The molecule has 0 unspecified atom stereocenters. The number of hydrogen-bond donors (Lipinski definition) is 2. The highest BCUT2D eigenvalue weighted by atomic mass is 35.5. The number of carbonyl (C=O) groups excluding carboxylic acids is 1. The Bertz CT molecular complexity index is 464. The molecule has 1 aliphatic carbocycles. The molecule has 1 aromatic carbocycles. The molecule has 3 atom stereocenters. The summed E-state index contributed by atoms with van der Waals surface area (Å²) < 4.78 is 0. The van der Waals surface area contributed by atoms with Gasteiger partial charge in [-0.3, -0.25) is 4.79 Å². The molecule has 4 heteroatoms. The molecule has 2 rings (SSSR count). The van der Waals surface area contributed by atoms with Crippen LogP contribution in [-0.2, 0) is 4.79 Å². The van der Waals surface area contributed by atoms with Crippen molar-refractivity contribution in [3.05, 3.63) is 29.3 Å². The number of rotatable bonds is 4. The number of nitrogens with one attached hydrogen (secondary N) is 2. The fraction of sp³-hybridized carbons (Fsp3) is 0.562. The average Bonchev–Trinajstić information content (AvgIpc) is 2.41. The first-order chi connectivity index (χ1) is 9.56. The van der Waals surface area contributed by atoms with E-state index in [1.807, 2.05) is 19.1 Å². The first kappa shape index (κ1) is 15.3. The quantitative estimate of drug-likeness (QED) is 0.886. The molecule has 1 saturated carbocycles. The van der Waals surface area contributed by atoms with E-state index in [2.05, 4.69) is 17.6 Å². The van der Waals surface area contributed by atoms with Crippen LogP contribution in [0.15, 0.2) is 24.3 Å². The average molecular weight is 295 g/mol. The van der Waals surface area contributed by atoms with Crippen LogP contribution in [0.3, 0.4) is 0 Å². The molecule has 1 fully saturated rings. The third kappa shape index (κ3) is 4.22. The van der Waals surface area contributed by atoms with Crippen molar-refractivity contribution in [1.29, 1.82) is 0 Å². The summed E-state index contributed by atoms with van der Waals surface area (Å²) in [5.41, 5.74) is 0.743. The molecule has 0 bridgehead atoms. The summed E-state index contributed by atoms with van der Waals surface area (Å²) in [5, 5.41) is 6.99. The topological polar surface area (TPSA) is 41.1 Å². The van der Waals surface area contributed by atoms with E-state index in [1.165, 1.54) is 19.3 Å². The van der Waals surface area contributed by atoms with E-state index in [1.54, 1.807) is 12.1 Å². The number of benzene rings is 1. The smallest absolute Gasteiger partial charge is 0.241 e. The molecule has 20 heavy (non-hydrogen) atoms. The largest absolute Gasteiger partial charge is 0.325 e. The van der Waals surface area contributed by atoms with Crippen LogP contribution in [0.1, 0.15) is 39.5 Å². The summed E-state index contributed by atoms with van der Waals surface area (Å²) in [7, 11) is 0. The predicted molar refractivity (Wildman–Crippen MR) is 84.1 cm³/mol. The van der Waals surface area contributed by atoms with Gasteiger partial charge in [0.15, 0.2) is 0 Å². The number of anilines is 1. The van der Waals surface area contributed by atoms with Gasteiger partial charge in [0, 0.05) is 16.8 Å². The Hall–Kier alpha value is -1.06. The highest BCUT2D eigenvalue weighted by Crippen LogP contribution is 2.24. The first-order valence-electron chi connectivity index (χ1n) is 7.39. The molecule has 2 N–H and O–H groups in total. The van der Waals surface area contributed by atoms with E-state index in [4.69, 9.17) is 11.6 Å². The van der Waals surface area contributed by atoms with Crippen molar-refractivity contribution < 1.29 is 4.79 Å². The van der Waals surface area contributed by atoms with Gasteiger partial charge in [0.1, 0.15) is 0 Å². The van der Waals surface area contributed by atoms with Gasteiger partial charge in [-0.2, -0.15) is 0 Å². The van der Waals surface area contributed by atoms with E-state index in [-0.39, 0.29) is 11.9 Å². The lowest BCUT2D eigenvalue weighted by Crippen LogP contribution is -2.47. The molecular weight excluding hydrogens is 272 g/mol. The number of amides is 1. The van der Waals surface area contributed by atoms with E-state index in [0.29, 0.717) is 17.0 Å². The Balaban J connectivity index is 1.88. The summed E-state index contributed by atoms with van der Waals surface area (Å²) in [4.78, 5) is 12.2. The van der Waals surface area contributed by atoms with Gasteiger partial charge < -0.3 is 10.6 Å².